The van der Waals surface area contributed by atoms with Crippen LogP contribution in [0.15, 0.2) is 0 Å². The fraction of sp³-hybridized carbons (Fsp3) is 0.971. The summed E-state index contributed by atoms with van der Waals surface area (Å²) in [4.78, 5) is 14.3. The SMILES string of the molecule is CCCCCCCCCCCCCCOCC(COCCCCCCCCCCCC)OC(=O)NCCN(C)C. The van der Waals surface area contributed by atoms with Crippen molar-refractivity contribution in [1.29, 1.82) is 0 Å². The second-order valence-electron chi connectivity index (χ2n) is 12.0. The van der Waals surface area contributed by atoms with Crippen LogP contribution >= 0.6 is 0 Å². The van der Waals surface area contributed by atoms with Gasteiger partial charge in [0.2, 0.25) is 0 Å². The van der Waals surface area contributed by atoms with Gasteiger partial charge in [0.25, 0.3) is 0 Å². The predicted molar refractivity (Wildman–Crippen MR) is 171 cm³/mol. The summed E-state index contributed by atoms with van der Waals surface area (Å²) in [6.45, 7) is 8.13. The number of hydrogen-bond acceptors (Lipinski definition) is 5. The van der Waals surface area contributed by atoms with Crippen LogP contribution in [0.1, 0.15) is 155 Å². The van der Waals surface area contributed by atoms with Crippen molar-refractivity contribution in [3.63, 3.8) is 0 Å². The number of rotatable bonds is 32. The van der Waals surface area contributed by atoms with Gasteiger partial charge in [-0.3, -0.25) is 0 Å². The van der Waals surface area contributed by atoms with E-state index < -0.39 is 0 Å². The summed E-state index contributed by atoms with van der Waals surface area (Å²) in [7, 11) is 3.97. The average molecular weight is 571 g/mol. The zero-order valence-electron chi connectivity index (χ0n) is 27.5. The Balaban J connectivity index is 3.91. The molecule has 0 spiro atoms. The van der Waals surface area contributed by atoms with Crippen LogP contribution in [0.5, 0.6) is 0 Å². The Morgan fingerprint density at radius 3 is 1.27 bits per heavy atom. The number of carbonyl (C=O) groups is 1. The van der Waals surface area contributed by atoms with Crippen molar-refractivity contribution in [3.05, 3.63) is 0 Å². The number of hydrogen-bond donors (Lipinski definition) is 1. The van der Waals surface area contributed by atoms with E-state index >= 15 is 0 Å². The highest BCUT2D eigenvalue weighted by Crippen LogP contribution is 2.13. The second-order valence-corrected chi connectivity index (χ2v) is 12.0. The molecule has 0 fully saturated rings. The van der Waals surface area contributed by atoms with Crippen LogP contribution in [0, 0.1) is 0 Å². The Labute approximate surface area is 250 Å². The molecule has 1 amide bonds. The van der Waals surface area contributed by atoms with Crippen LogP contribution in [-0.4, -0.2) is 70.7 Å². The number of amides is 1. The van der Waals surface area contributed by atoms with Gasteiger partial charge < -0.3 is 24.4 Å². The predicted octanol–water partition coefficient (Wildman–Crippen LogP) is 9.30. The van der Waals surface area contributed by atoms with E-state index in [-0.39, 0.29) is 12.2 Å². The molecule has 1 atom stereocenters. The van der Waals surface area contributed by atoms with Gasteiger partial charge in [-0.15, -0.1) is 0 Å². The first-order chi connectivity index (χ1) is 19.6. The number of ether oxygens (including phenoxy) is 3. The fourth-order valence-corrected chi connectivity index (χ4v) is 4.86. The van der Waals surface area contributed by atoms with Crippen molar-refractivity contribution in [2.75, 3.05) is 53.6 Å². The van der Waals surface area contributed by atoms with Gasteiger partial charge in [0.1, 0.15) is 0 Å². The third-order valence-corrected chi connectivity index (χ3v) is 7.49. The number of unbranched alkanes of at least 4 members (excludes halogenated alkanes) is 20. The van der Waals surface area contributed by atoms with Gasteiger partial charge in [0, 0.05) is 26.3 Å². The van der Waals surface area contributed by atoms with Crippen molar-refractivity contribution in [2.24, 2.45) is 0 Å². The molecular weight excluding hydrogens is 500 g/mol. The summed E-state index contributed by atoms with van der Waals surface area (Å²) in [5.74, 6) is 0. The van der Waals surface area contributed by atoms with E-state index in [4.69, 9.17) is 14.2 Å². The Hall–Kier alpha value is -0.850. The minimum absolute atomic E-state index is 0.361. The zero-order chi connectivity index (χ0) is 29.4. The maximum atomic E-state index is 12.2. The lowest BCUT2D eigenvalue weighted by atomic mass is 10.1. The molecule has 6 nitrogen and oxygen atoms in total. The Morgan fingerprint density at radius 1 is 0.575 bits per heavy atom. The highest BCUT2D eigenvalue weighted by molar-refractivity contribution is 5.67. The van der Waals surface area contributed by atoms with E-state index in [0.717, 1.165) is 32.6 Å². The summed E-state index contributed by atoms with van der Waals surface area (Å²) in [5.41, 5.74) is 0. The Bertz CT molecular complexity index is 504. The average Bonchev–Trinajstić information content (AvgIpc) is 2.93. The number of nitrogens with zero attached hydrogens (tertiary/aromatic N) is 1. The number of nitrogens with one attached hydrogen (secondary N) is 1. The van der Waals surface area contributed by atoms with Crippen molar-refractivity contribution in [1.82, 2.24) is 10.2 Å². The smallest absolute Gasteiger partial charge is 0.407 e. The van der Waals surface area contributed by atoms with Crippen molar-refractivity contribution >= 4 is 6.09 Å². The first-order valence-corrected chi connectivity index (χ1v) is 17.3. The van der Waals surface area contributed by atoms with Crippen LogP contribution in [-0.2, 0) is 14.2 Å². The molecule has 0 aliphatic rings. The maximum Gasteiger partial charge on any atom is 0.407 e. The zero-order valence-corrected chi connectivity index (χ0v) is 27.5. The molecule has 0 heterocycles. The molecule has 1 unspecified atom stereocenters. The van der Waals surface area contributed by atoms with Crippen LogP contribution in [0.2, 0.25) is 0 Å². The number of likely N-dealkylation sites (N-methyl/N-ethyl adjacent to an activating group) is 1. The fourth-order valence-electron chi connectivity index (χ4n) is 4.86. The molecular formula is C34H70N2O4. The van der Waals surface area contributed by atoms with Crippen LogP contribution < -0.4 is 5.32 Å². The molecule has 6 heteroatoms. The maximum absolute atomic E-state index is 12.2. The van der Waals surface area contributed by atoms with Crippen molar-refractivity contribution < 1.29 is 19.0 Å². The first-order valence-electron chi connectivity index (χ1n) is 17.3. The molecule has 0 aromatic carbocycles. The molecule has 0 aromatic rings. The quantitative estimate of drug-likeness (QED) is 0.0817. The minimum atomic E-state index is -0.386. The summed E-state index contributed by atoms with van der Waals surface area (Å²) < 4.78 is 17.4. The van der Waals surface area contributed by atoms with E-state index in [1.54, 1.807) is 0 Å². The molecule has 0 saturated carbocycles. The highest BCUT2D eigenvalue weighted by Gasteiger charge is 2.15. The Kier molecular flexibility index (Phi) is 32.0. The topological polar surface area (TPSA) is 60.0 Å². The summed E-state index contributed by atoms with van der Waals surface area (Å²) in [6, 6.07) is 0. The molecule has 0 rings (SSSR count). The normalized spacial score (nSPS) is 12.2. The third kappa shape index (κ3) is 31.7. The Morgan fingerprint density at radius 2 is 0.925 bits per heavy atom. The van der Waals surface area contributed by atoms with Crippen molar-refractivity contribution in [2.45, 2.75) is 161 Å². The van der Waals surface area contributed by atoms with E-state index in [1.807, 2.05) is 19.0 Å². The van der Waals surface area contributed by atoms with E-state index in [2.05, 4.69) is 19.2 Å². The largest absolute Gasteiger partial charge is 0.441 e. The first kappa shape index (κ1) is 39.1. The number of carbonyl (C=O) groups excluding carboxylic acids is 1. The van der Waals surface area contributed by atoms with Gasteiger partial charge in [0.05, 0.1) is 13.2 Å². The molecule has 0 saturated heterocycles. The molecule has 0 aromatic heterocycles. The van der Waals surface area contributed by atoms with E-state index in [0.29, 0.717) is 19.8 Å². The van der Waals surface area contributed by atoms with Gasteiger partial charge in [0.15, 0.2) is 6.10 Å². The van der Waals surface area contributed by atoms with Gasteiger partial charge in [-0.2, -0.15) is 0 Å². The molecule has 240 valence electrons. The molecule has 0 radical (unpaired) electrons. The lowest BCUT2D eigenvalue weighted by Crippen LogP contribution is -2.37. The van der Waals surface area contributed by atoms with Gasteiger partial charge in [-0.1, -0.05) is 142 Å². The third-order valence-electron chi connectivity index (χ3n) is 7.49. The molecule has 0 aliphatic carbocycles. The summed E-state index contributed by atoms with van der Waals surface area (Å²) in [6.07, 6.45) is 28.4. The molecule has 0 aliphatic heterocycles. The van der Waals surface area contributed by atoms with E-state index in [9.17, 15) is 4.79 Å². The molecule has 40 heavy (non-hydrogen) atoms. The van der Waals surface area contributed by atoms with E-state index in [1.165, 1.54) is 128 Å². The standard InChI is InChI=1S/C34H70N2O4/c1-5-7-9-11-13-15-17-18-20-22-24-26-30-39-32-33(40-34(37)35-27-28-36(3)4)31-38-29-25-23-21-19-16-14-12-10-8-6-2/h33H,5-32H2,1-4H3,(H,35,37). The van der Waals surface area contributed by atoms with Gasteiger partial charge in [-0.25, -0.2) is 4.79 Å². The summed E-state index contributed by atoms with van der Waals surface area (Å²) in [5, 5.41) is 2.83. The van der Waals surface area contributed by atoms with Crippen LogP contribution in [0.25, 0.3) is 0 Å². The minimum Gasteiger partial charge on any atom is -0.441 e. The van der Waals surface area contributed by atoms with Crippen LogP contribution in [0.3, 0.4) is 0 Å². The number of alkyl carbamates (subject to hydrolysis) is 1. The molecule has 1 N–H and O–H groups in total. The lowest BCUT2D eigenvalue weighted by Gasteiger charge is -2.19. The van der Waals surface area contributed by atoms with Crippen molar-refractivity contribution in [3.8, 4) is 0 Å². The molecule has 0 bridgehead atoms. The van der Waals surface area contributed by atoms with Crippen LogP contribution in [0.4, 0.5) is 4.79 Å². The van der Waals surface area contributed by atoms with Gasteiger partial charge in [-0.05, 0) is 26.9 Å². The van der Waals surface area contributed by atoms with Gasteiger partial charge >= 0.3 is 6.09 Å². The highest BCUT2D eigenvalue weighted by atomic mass is 16.6. The summed E-state index contributed by atoms with van der Waals surface area (Å²) >= 11 is 0. The monoisotopic (exact) mass is 571 g/mol. The lowest BCUT2D eigenvalue weighted by molar-refractivity contribution is -0.0292. The second kappa shape index (κ2) is 32.7.